The summed E-state index contributed by atoms with van der Waals surface area (Å²) < 4.78 is 0. The van der Waals surface area contributed by atoms with Crippen molar-refractivity contribution in [3.8, 4) is 0 Å². The molecule has 2 N–H and O–H groups in total. The number of likely N-dealkylation sites (tertiary alicyclic amines) is 1. The number of benzene rings is 1. The highest BCUT2D eigenvalue weighted by molar-refractivity contribution is 5.36. The van der Waals surface area contributed by atoms with Crippen molar-refractivity contribution in [1.29, 1.82) is 0 Å². The van der Waals surface area contributed by atoms with Crippen molar-refractivity contribution in [1.82, 2.24) is 4.90 Å². The fourth-order valence-corrected chi connectivity index (χ4v) is 3.09. The quantitative estimate of drug-likeness (QED) is 0.849. The molecule has 2 nitrogen and oxygen atoms in total. The average Bonchev–Trinajstić information content (AvgIpc) is 2.33. The molecule has 0 aliphatic carbocycles. The molecule has 1 aromatic carbocycles. The molecule has 1 aliphatic heterocycles. The Morgan fingerprint density at radius 3 is 2.82 bits per heavy atom. The first-order valence-electron chi connectivity index (χ1n) is 6.61. The normalized spacial score (nSPS) is 26.1. The van der Waals surface area contributed by atoms with Crippen LogP contribution < -0.4 is 5.73 Å². The summed E-state index contributed by atoms with van der Waals surface area (Å²) in [4.78, 5) is 2.48. The van der Waals surface area contributed by atoms with Crippen LogP contribution in [0, 0.1) is 19.8 Å². The summed E-state index contributed by atoms with van der Waals surface area (Å²) in [6.45, 7) is 6.41. The number of aryl methyl sites for hydroxylation is 1. The summed E-state index contributed by atoms with van der Waals surface area (Å²) in [6.07, 6.45) is 2.54. The molecule has 0 spiro atoms. The summed E-state index contributed by atoms with van der Waals surface area (Å²) in [5.41, 5.74) is 10.3. The summed E-state index contributed by atoms with van der Waals surface area (Å²) in [5.74, 6) is 0.606. The highest BCUT2D eigenvalue weighted by Gasteiger charge is 2.30. The lowest BCUT2D eigenvalue weighted by Gasteiger charge is -2.40. The third-order valence-corrected chi connectivity index (χ3v) is 4.28. The van der Waals surface area contributed by atoms with Crippen LogP contribution in [0.4, 0.5) is 0 Å². The van der Waals surface area contributed by atoms with Gasteiger partial charge in [0.15, 0.2) is 0 Å². The largest absolute Gasteiger partial charge is 0.330 e. The van der Waals surface area contributed by atoms with Crippen molar-refractivity contribution >= 4 is 0 Å². The maximum atomic E-state index is 5.95. The van der Waals surface area contributed by atoms with Crippen LogP contribution >= 0.6 is 0 Å². The van der Waals surface area contributed by atoms with E-state index in [1.165, 1.54) is 36.1 Å². The van der Waals surface area contributed by atoms with E-state index in [9.17, 15) is 0 Å². The maximum Gasteiger partial charge on any atom is 0.0388 e. The second-order valence-electron chi connectivity index (χ2n) is 5.35. The average molecular weight is 232 g/mol. The van der Waals surface area contributed by atoms with Crippen LogP contribution in [0.3, 0.4) is 0 Å². The number of hydrogen-bond donors (Lipinski definition) is 1. The topological polar surface area (TPSA) is 29.3 Å². The van der Waals surface area contributed by atoms with E-state index in [0.717, 1.165) is 6.54 Å². The van der Waals surface area contributed by atoms with Gasteiger partial charge >= 0.3 is 0 Å². The number of nitrogens with zero attached hydrogens (tertiary/aromatic N) is 1. The summed E-state index contributed by atoms with van der Waals surface area (Å²) in [5, 5.41) is 0. The van der Waals surface area contributed by atoms with E-state index in [0.29, 0.717) is 12.0 Å². The van der Waals surface area contributed by atoms with Crippen molar-refractivity contribution in [3.05, 3.63) is 34.9 Å². The molecule has 1 aliphatic rings. The molecule has 94 valence electrons. The Morgan fingerprint density at radius 1 is 1.35 bits per heavy atom. The number of rotatable bonds is 2. The van der Waals surface area contributed by atoms with Gasteiger partial charge in [-0.3, -0.25) is 4.90 Å². The smallest absolute Gasteiger partial charge is 0.0388 e. The van der Waals surface area contributed by atoms with Gasteiger partial charge in [-0.15, -0.1) is 0 Å². The minimum Gasteiger partial charge on any atom is -0.330 e. The molecule has 0 saturated carbocycles. The predicted molar refractivity (Wildman–Crippen MR) is 73.1 cm³/mol. The van der Waals surface area contributed by atoms with Crippen LogP contribution in [0.15, 0.2) is 18.2 Å². The molecule has 1 heterocycles. The van der Waals surface area contributed by atoms with Crippen LogP contribution in [-0.4, -0.2) is 25.0 Å². The summed E-state index contributed by atoms with van der Waals surface area (Å²) in [7, 11) is 2.23. The van der Waals surface area contributed by atoms with Crippen LogP contribution in [0.1, 0.15) is 35.6 Å². The fourth-order valence-electron chi connectivity index (χ4n) is 3.09. The molecule has 1 aromatic rings. The molecule has 1 saturated heterocycles. The lowest BCUT2D eigenvalue weighted by molar-refractivity contribution is 0.125. The van der Waals surface area contributed by atoms with Crippen molar-refractivity contribution in [2.45, 2.75) is 32.7 Å². The van der Waals surface area contributed by atoms with Gasteiger partial charge < -0.3 is 5.73 Å². The standard InChI is InChI=1S/C15H24N2/c1-11-6-4-8-14(12(11)2)15-13(10-16)7-5-9-17(15)3/h4,6,8,13,15H,5,7,9-10,16H2,1-3H3. The van der Waals surface area contributed by atoms with Crippen LogP contribution in [0.5, 0.6) is 0 Å². The van der Waals surface area contributed by atoms with Gasteiger partial charge in [0.1, 0.15) is 0 Å². The van der Waals surface area contributed by atoms with E-state index in [2.05, 4.69) is 44.0 Å². The molecule has 2 unspecified atom stereocenters. The third-order valence-electron chi connectivity index (χ3n) is 4.28. The van der Waals surface area contributed by atoms with Gasteiger partial charge in [0.2, 0.25) is 0 Å². The van der Waals surface area contributed by atoms with E-state index >= 15 is 0 Å². The Bertz CT molecular complexity index is 387. The lowest BCUT2D eigenvalue weighted by Crippen LogP contribution is -2.39. The van der Waals surface area contributed by atoms with Gasteiger partial charge in [-0.2, -0.15) is 0 Å². The summed E-state index contributed by atoms with van der Waals surface area (Å²) in [6, 6.07) is 7.15. The van der Waals surface area contributed by atoms with Crippen LogP contribution in [0.2, 0.25) is 0 Å². The van der Waals surface area contributed by atoms with E-state index in [-0.39, 0.29) is 0 Å². The van der Waals surface area contributed by atoms with Gasteiger partial charge in [-0.25, -0.2) is 0 Å². The van der Waals surface area contributed by atoms with Gasteiger partial charge in [0.25, 0.3) is 0 Å². The van der Waals surface area contributed by atoms with E-state index in [4.69, 9.17) is 5.73 Å². The van der Waals surface area contributed by atoms with Crippen LogP contribution in [0.25, 0.3) is 0 Å². The monoisotopic (exact) mass is 232 g/mol. The second-order valence-corrected chi connectivity index (χ2v) is 5.35. The van der Waals surface area contributed by atoms with E-state index in [1.54, 1.807) is 0 Å². The molecule has 1 fully saturated rings. The van der Waals surface area contributed by atoms with Crippen LogP contribution in [-0.2, 0) is 0 Å². The molecular weight excluding hydrogens is 208 g/mol. The second kappa shape index (κ2) is 5.19. The molecule has 0 radical (unpaired) electrons. The zero-order valence-corrected chi connectivity index (χ0v) is 11.2. The Labute approximate surface area is 105 Å². The number of nitrogens with two attached hydrogens (primary N) is 1. The van der Waals surface area contributed by atoms with E-state index < -0.39 is 0 Å². The number of hydrogen-bond acceptors (Lipinski definition) is 2. The first-order valence-corrected chi connectivity index (χ1v) is 6.61. The maximum absolute atomic E-state index is 5.95. The Morgan fingerprint density at radius 2 is 2.12 bits per heavy atom. The number of piperidine rings is 1. The zero-order chi connectivity index (χ0) is 12.4. The predicted octanol–water partition coefficient (Wildman–Crippen LogP) is 2.65. The fraction of sp³-hybridized carbons (Fsp3) is 0.600. The molecule has 2 heteroatoms. The first kappa shape index (κ1) is 12.6. The summed E-state index contributed by atoms with van der Waals surface area (Å²) >= 11 is 0. The van der Waals surface area contributed by atoms with Gasteiger partial charge in [-0.1, -0.05) is 18.2 Å². The zero-order valence-electron chi connectivity index (χ0n) is 11.2. The SMILES string of the molecule is Cc1cccc(C2C(CN)CCCN2C)c1C. The Balaban J connectivity index is 2.38. The van der Waals surface area contributed by atoms with Crippen molar-refractivity contribution in [2.24, 2.45) is 11.7 Å². The van der Waals surface area contributed by atoms with Gasteiger partial charge in [-0.05, 0) is 69.4 Å². The first-order chi connectivity index (χ1) is 8.15. The van der Waals surface area contributed by atoms with E-state index in [1.807, 2.05) is 0 Å². The molecule has 2 atom stereocenters. The van der Waals surface area contributed by atoms with Crippen molar-refractivity contribution in [2.75, 3.05) is 20.1 Å². The molecule has 17 heavy (non-hydrogen) atoms. The molecule has 0 bridgehead atoms. The van der Waals surface area contributed by atoms with Gasteiger partial charge in [0, 0.05) is 6.04 Å². The minimum atomic E-state index is 0.508. The highest BCUT2D eigenvalue weighted by atomic mass is 15.1. The van der Waals surface area contributed by atoms with Crippen molar-refractivity contribution < 1.29 is 0 Å². The lowest BCUT2D eigenvalue weighted by atomic mass is 9.82. The van der Waals surface area contributed by atoms with Crippen molar-refractivity contribution in [3.63, 3.8) is 0 Å². The molecule has 0 aromatic heterocycles. The third kappa shape index (κ3) is 2.38. The highest BCUT2D eigenvalue weighted by Crippen LogP contribution is 2.36. The van der Waals surface area contributed by atoms with Gasteiger partial charge in [0.05, 0.1) is 0 Å². The Hall–Kier alpha value is -0.860. The molecule has 2 rings (SSSR count). The molecule has 0 amide bonds. The Kier molecular flexibility index (Phi) is 3.85. The molecular formula is C15H24N2. The minimum absolute atomic E-state index is 0.508.